The van der Waals surface area contributed by atoms with E-state index >= 15 is 0 Å². The van der Waals surface area contributed by atoms with Gasteiger partial charge in [0.2, 0.25) is 5.89 Å². The molecule has 0 saturated carbocycles. The second-order valence-electron chi connectivity index (χ2n) is 15.5. The van der Waals surface area contributed by atoms with Gasteiger partial charge in [-0.2, -0.15) is 0 Å². The molecule has 0 atom stereocenters. The van der Waals surface area contributed by atoms with Crippen molar-refractivity contribution in [2.24, 2.45) is 0 Å². The maximum absolute atomic E-state index is 6.53. The predicted molar refractivity (Wildman–Crippen MR) is 249 cm³/mol. The van der Waals surface area contributed by atoms with E-state index in [1.165, 1.54) is 27.2 Å². The molecule has 0 bridgehead atoms. The van der Waals surface area contributed by atoms with E-state index in [2.05, 4.69) is 207 Å². The van der Waals surface area contributed by atoms with Crippen LogP contribution in [0.5, 0.6) is 0 Å². The fourth-order valence-corrected chi connectivity index (χ4v) is 9.47. The summed E-state index contributed by atoms with van der Waals surface area (Å²) in [5, 5.41) is 4.81. The first-order valence-electron chi connectivity index (χ1n) is 20.5. The first-order chi connectivity index (χ1) is 30.3. The molecular formula is C54H34N6O. The average Bonchev–Trinajstić information content (AvgIpc) is 4.01. The Morgan fingerprint density at radius 1 is 0.426 bits per heavy atom. The van der Waals surface area contributed by atoms with E-state index in [1.54, 1.807) is 0 Å². The van der Waals surface area contributed by atoms with Gasteiger partial charge in [-0.1, -0.05) is 97.1 Å². The molecule has 0 radical (unpaired) electrons. The number of oxazole rings is 1. The molecule has 13 rings (SSSR count). The maximum Gasteiger partial charge on any atom is 0.246 e. The molecule has 0 fully saturated rings. The van der Waals surface area contributed by atoms with Crippen LogP contribution in [-0.2, 0) is 0 Å². The molecule has 7 heteroatoms. The van der Waals surface area contributed by atoms with E-state index in [1.807, 2.05) is 18.3 Å². The summed E-state index contributed by atoms with van der Waals surface area (Å²) in [6.45, 7) is 0. The topological polar surface area (TPSA) is 55.3 Å². The van der Waals surface area contributed by atoms with Crippen molar-refractivity contribution in [3.8, 4) is 23.0 Å². The summed E-state index contributed by atoms with van der Waals surface area (Å²) < 4.78 is 11.2. The van der Waals surface area contributed by atoms with Crippen LogP contribution in [-0.4, -0.2) is 19.1 Å². The van der Waals surface area contributed by atoms with Crippen molar-refractivity contribution in [2.75, 3.05) is 9.80 Å². The lowest BCUT2D eigenvalue weighted by Gasteiger charge is -2.33. The molecule has 286 valence electrons. The number of pyridine rings is 1. The third-order valence-electron chi connectivity index (χ3n) is 12.1. The van der Waals surface area contributed by atoms with Crippen molar-refractivity contribution < 1.29 is 4.42 Å². The van der Waals surface area contributed by atoms with Gasteiger partial charge >= 0.3 is 0 Å². The summed E-state index contributed by atoms with van der Waals surface area (Å²) in [7, 11) is 0. The first-order valence-corrected chi connectivity index (χ1v) is 20.5. The van der Waals surface area contributed by atoms with Gasteiger partial charge in [0.1, 0.15) is 11.2 Å². The van der Waals surface area contributed by atoms with E-state index in [-0.39, 0.29) is 0 Å². The van der Waals surface area contributed by atoms with Crippen molar-refractivity contribution in [2.45, 2.75) is 0 Å². The molecule has 0 saturated heterocycles. The number of hydrogen-bond acceptors (Lipinski definition) is 5. The molecule has 5 heterocycles. The largest absolute Gasteiger partial charge is 0.435 e. The second kappa shape index (κ2) is 13.0. The first kappa shape index (κ1) is 33.5. The molecule has 1 aliphatic rings. The normalized spacial score (nSPS) is 12.2. The molecular weight excluding hydrogens is 749 g/mol. The van der Waals surface area contributed by atoms with Crippen molar-refractivity contribution in [3.05, 3.63) is 206 Å². The minimum absolute atomic E-state index is 0.480. The van der Waals surface area contributed by atoms with Gasteiger partial charge in [-0.25, -0.2) is 9.97 Å². The molecule has 61 heavy (non-hydrogen) atoms. The number of aromatic nitrogens is 4. The molecule has 0 unspecified atom stereocenters. The van der Waals surface area contributed by atoms with Crippen LogP contribution in [0.15, 0.2) is 211 Å². The van der Waals surface area contributed by atoms with Gasteiger partial charge in [-0.05, 0) is 97.1 Å². The van der Waals surface area contributed by atoms with Gasteiger partial charge < -0.3 is 23.4 Å². The average molecular weight is 783 g/mol. The van der Waals surface area contributed by atoms with Crippen LogP contribution in [0.3, 0.4) is 0 Å². The third kappa shape index (κ3) is 5.04. The standard InChI is InChI=1S/C54H34N6O/c1-3-14-35(15-4-1)57(36-16-5-2-6-17-36)37-28-31-48-43(32-37)41-19-8-9-21-46(41)59(48)39-27-30-45(55-34-39)54-56-44-29-26-38(33-52(44)61-54)58-49-23-11-12-24-50(49)60-47-22-10-7-18-40(47)42-20-13-25-51(58)53(42)60/h1-34H. The smallest absolute Gasteiger partial charge is 0.246 e. The van der Waals surface area contributed by atoms with Gasteiger partial charge in [0.25, 0.3) is 0 Å². The summed E-state index contributed by atoms with van der Waals surface area (Å²) in [6.07, 6.45) is 1.92. The molecule has 1 aliphatic heterocycles. The van der Waals surface area contributed by atoms with Gasteiger partial charge in [-0.3, -0.25) is 0 Å². The number of rotatable bonds is 6. The Balaban J connectivity index is 0.878. The summed E-state index contributed by atoms with van der Waals surface area (Å²) >= 11 is 0. The molecule has 0 aliphatic carbocycles. The highest BCUT2D eigenvalue weighted by Gasteiger charge is 2.28. The summed E-state index contributed by atoms with van der Waals surface area (Å²) in [5.41, 5.74) is 15.4. The Bertz CT molecular complexity index is 3620. The van der Waals surface area contributed by atoms with Crippen LogP contribution < -0.4 is 9.80 Å². The van der Waals surface area contributed by atoms with E-state index in [4.69, 9.17) is 14.4 Å². The van der Waals surface area contributed by atoms with Crippen LogP contribution in [0.2, 0.25) is 0 Å². The third-order valence-corrected chi connectivity index (χ3v) is 12.1. The Morgan fingerprint density at radius 3 is 1.80 bits per heavy atom. The Kier molecular flexibility index (Phi) is 7.17. The number of para-hydroxylation sites is 7. The Morgan fingerprint density at radius 2 is 1.05 bits per heavy atom. The number of fused-ring (bicyclic) bond motifs is 9. The maximum atomic E-state index is 6.53. The lowest BCUT2D eigenvalue weighted by atomic mass is 10.1. The quantitative estimate of drug-likeness (QED) is 0.168. The SMILES string of the molecule is c1ccc(N(c2ccccc2)c2ccc3c(c2)c2ccccc2n3-c2ccc(-c3nc4ccc(N5c6ccccc6-n6c7ccccc7c7cccc5c76)cc4o3)nc2)cc1. The molecule has 12 aromatic rings. The molecule has 4 aromatic heterocycles. The second-order valence-corrected chi connectivity index (χ2v) is 15.5. The van der Waals surface area contributed by atoms with Gasteiger partial charge in [-0.15, -0.1) is 0 Å². The molecule has 0 amide bonds. The van der Waals surface area contributed by atoms with Crippen LogP contribution >= 0.6 is 0 Å². The van der Waals surface area contributed by atoms with Crippen molar-refractivity contribution in [1.29, 1.82) is 0 Å². The van der Waals surface area contributed by atoms with Crippen molar-refractivity contribution >= 4 is 88.8 Å². The van der Waals surface area contributed by atoms with Crippen molar-refractivity contribution in [1.82, 2.24) is 19.1 Å². The fourth-order valence-electron chi connectivity index (χ4n) is 9.47. The zero-order chi connectivity index (χ0) is 40.0. The highest BCUT2D eigenvalue weighted by molar-refractivity contribution is 6.17. The number of hydrogen-bond donors (Lipinski definition) is 0. The molecule has 7 nitrogen and oxygen atoms in total. The molecule has 0 N–H and O–H groups in total. The van der Waals surface area contributed by atoms with Crippen LogP contribution in [0.4, 0.5) is 34.1 Å². The van der Waals surface area contributed by atoms with Gasteiger partial charge in [0.15, 0.2) is 5.58 Å². The van der Waals surface area contributed by atoms with Gasteiger partial charge in [0, 0.05) is 44.7 Å². The Labute approximate surface area is 350 Å². The lowest BCUT2D eigenvalue weighted by Crippen LogP contribution is -2.17. The minimum Gasteiger partial charge on any atom is -0.435 e. The summed E-state index contributed by atoms with van der Waals surface area (Å²) in [6, 6.07) is 70.5. The van der Waals surface area contributed by atoms with Crippen LogP contribution in [0.1, 0.15) is 0 Å². The number of nitrogens with zero attached hydrogens (tertiary/aromatic N) is 6. The van der Waals surface area contributed by atoms with Crippen molar-refractivity contribution in [3.63, 3.8) is 0 Å². The van der Waals surface area contributed by atoms with E-state index in [0.29, 0.717) is 17.2 Å². The van der Waals surface area contributed by atoms with E-state index in [9.17, 15) is 0 Å². The summed E-state index contributed by atoms with van der Waals surface area (Å²) in [4.78, 5) is 14.5. The zero-order valence-electron chi connectivity index (χ0n) is 32.7. The summed E-state index contributed by atoms with van der Waals surface area (Å²) in [5.74, 6) is 0.480. The van der Waals surface area contributed by atoms with Crippen LogP contribution in [0, 0.1) is 0 Å². The predicted octanol–water partition coefficient (Wildman–Crippen LogP) is 14.3. The molecule has 8 aromatic carbocycles. The lowest BCUT2D eigenvalue weighted by molar-refractivity contribution is 0.617. The van der Waals surface area contributed by atoms with Crippen LogP contribution in [0.25, 0.3) is 77.7 Å². The zero-order valence-corrected chi connectivity index (χ0v) is 32.7. The van der Waals surface area contributed by atoms with Gasteiger partial charge in [0.05, 0.1) is 56.7 Å². The number of anilines is 6. The monoisotopic (exact) mass is 782 g/mol. The highest BCUT2D eigenvalue weighted by atomic mass is 16.3. The van der Waals surface area contributed by atoms with E-state index < -0.39 is 0 Å². The fraction of sp³-hybridized carbons (Fsp3) is 0. The number of benzene rings is 8. The Hall–Kier alpha value is -8.42. The highest BCUT2D eigenvalue weighted by Crippen LogP contribution is 2.50. The molecule has 0 spiro atoms. The van der Waals surface area contributed by atoms with E-state index in [0.717, 1.165) is 67.4 Å². The minimum atomic E-state index is 0.480.